The minimum absolute atomic E-state index is 0.0348. The van der Waals surface area contributed by atoms with Crippen LogP contribution >= 0.6 is 26.1 Å². The number of anilines is 1. The zero-order valence-electron chi connectivity index (χ0n) is 14.6. The molecule has 2 aromatic rings. The summed E-state index contributed by atoms with van der Waals surface area (Å²) in [6.07, 6.45) is 0.363. The number of hydrogen-bond acceptors (Lipinski definition) is 9. The molecule has 28 heavy (non-hydrogen) atoms. The van der Waals surface area contributed by atoms with Crippen molar-refractivity contribution in [1.29, 1.82) is 0 Å². The molecule has 1 aliphatic rings. The van der Waals surface area contributed by atoms with Crippen LogP contribution in [0, 0.1) is 11.8 Å². The number of fused-ring (bicyclic) bond motifs is 1. The number of nitrogens with two attached hydrogens (primary N) is 1. The van der Waals surface area contributed by atoms with Crippen molar-refractivity contribution in [1.82, 2.24) is 19.5 Å². The summed E-state index contributed by atoms with van der Waals surface area (Å²) in [5, 5.41) is -0.0348. The molecule has 0 amide bonds. The average molecular weight is 474 g/mol. The van der Waals surface area contributed by atoms with Gasteiger partial charge in [-0.25, -0.2) is 13.9 Å². The summed E-state index contributed by atoms with van der Waals surface area (Å²) in [6, 6.07) is 0. The van der Waals surface area contributed by atoms with Crippen molar-refractivity contribution in [3.63, 3.8) is 0 Å². The number of nitrogens with zero attached hydrogens (tertiary/aromatic N) is 4. The summed E-state index contributed by atoms with van der Waals surface area (Å²) >= 11 is 10.1. The molecule has 2 aromatic heterocycles. The Labute approximate surface area is 169 Å². The first kappa shape index (κ1) is 22.0. The van der Waals surface area contributed by atoms with E-state index in [0.29, 0.717) is 11.2 Å². The second-order valence-electron chi connectivity index (χ2n) is 6.32. The zero-order valence-corrected chi connectivity index (χ0v) is 18.0. The van der Waals surface area contributed by atoms with Gasteiger partial charge in [0, 0.05) is 5.92 Å². The third-order valence-electron chi connectivity index (χ3n) is 4.49. The largest absolute Gasteiger partial charge is 0.479 e. The topological polar surface area (TPSA) is 175 Å². The normalized spacial score (nSPS) is 27.9. The molecule has 0 aliphatic carbocycles. The molecule has 0 bridgehead atoms. The monoisotopic (exact) mass is 473 g/mol. The number of halogens is 1. The van der Waals surface area contributed by atoms with Crippen molar-refractivity contribution in [2.75, 3.05) is 12.3 Å². The van der Waals surface area contributed by atoms with Crippen LogP contribution < -0.4 is 5.73 Å². The lowest BCUT2D eigenvalue weighted by Crippen LogP contribution is -2.21. The van der Waals surface area contributed by atoms with E-state index >= 15 is 0 Å². The van der Waals surface area contributed by atoms with Crippen LogP contribution in [0.2, 0.25) is 5.28 Å². The Bertz CT molecular complexity index is 987. The van der Waals surface area contributed by atoms with E-state index in [1.54, 1.807) is 4.57 Å². The van der Waals surface area contributed by atoms with Crippen molar-refractivity contribution in [3.8, 4) is 0 Å². The molecular formula is C12H18ClN5O7P2S. The maximum atomic E-state index is 11.8. The van der Waals surface area contributed by atoms with Crippen LogP contribution in [-0.4, -0.2) is 46.9 Å². The number of ether oxygens (including phenoxy) is 1. The molecule has 16 heteroatoms. The molecule has 12 nitrogen and oxygen atoms in total. The van der Waals surface area contributed by atoms with Crippen LogP contribution in [0.1, 0.15) is 20.1 Å². The highest BCUT2D eigenvalue weighted by Crippen LogP contribution is 2.58. The quantitative estimate of drug-likeness (QED) is 0.352. The van der Waals surface area contributed by atoms with Crippen molar-refractivity contribution in [2.24, 2.45) is 11.8 Å². The highest BCUT2D eigenvalue weighted by molar-refractivity contribution is 8.08. The fraction of sp³-hybridized carbons (Fsp3) is 0.583. The lowest BCUT2D eigenvalue weighted by Gasteiger charge is -2.19. The molecule has 156 valence electrons. The minimum Gasteiger partial charge on any atom is -0.382 e. The molecule has 1 saturated heterocycles. The van der Waals surface area contributed by atoms with Gasteiger partial charge in [0.2, 0.25) is 5.28 Å². The molecule has 0 radical (unpaired) electrons. The Morgan fingerprint density at radius 1 is 1.36 bits per heavy atom. The van der Waals surface area contributed by atoms with E-state index in [4.69, 9.17) is 36.4 Å². The SMILES string of the molecule is C[C@@H]1[C@H](C)[C@@H](COP(=O)(O)OP(O)(O)=S)O[C@H]1n1cnc2c(N)nc(Cl)nc21. The molecule has 3 rings (SSSR count). The first-order valence-electron chi connectivity index (χ1n) is 7.93. The Hall–Kier alpha value is -0.720. The van der Waals surface area contributed by atoms with Crippen LogP contribution in [0.4, 0.5) is 5.82 Å². The molecule has 0 spiro atoms. The minimum atomic E-state index is -4.75. The molecule has 1 unspecified atom stereocenters. The Morgan fingerprint density at radius 3 is 2.68 bits per heavy atom. The third kappa shape index (κ3) is 4.71. The number of nitrogen functional groups attached to an aromatic ring is 1. The number of phosphoric acid groups is 1. The molecule has 0 saturated carbocycles. The van der Waals surface area contributed by atoms with Gasteiger partial charge >= 0.3 is 14.5 Å². The standard InChI is InChI=1S/C12H18ClN5O7P2S/c1-5-6(2)11(18-4-15-8-9(14)16-12(13)17-10(8)18)24-7(5)3-23-26(19,20)25-27(21,22)28/h4-7,11H,3H2,1-2H3,(H,19,20)(H2,14,16,17)(H2,21,22,28)/t5-,6+,7+,11+/m0/s1. The van der Waals surface area contributed by atoms with Gasteiger partial charge in [-0.1, -0.05) is 13.8 Å². The zero-order chi connectivity index (χ0) is 20.9. The molecule has 1 aliphatic heterocycles. The lowest BCUT2D eigenvalue weighted by atomic mass is 9.93. The van der Waals surface area contributed by atoms with Crippen molar-refractivity contribution in [2.45, 2.75) is 26.2 Å². The first-order valence-corrected chi connectivity index (χ1v) is 12.4. The fourth-order valence-corrected chi connectivity index (χ4v) is 5.49. The summed E-state index contributed by atoms with van der Waals surface area (Å²) in [5.74, 6) is -0.0426. The lowest BCUT2D eigenvalue weighted by molar-refractivity contribution is -0.0329. The van der Waals surface area contributed by atoms with Gasteiger partial charge in [0.1, 0.15) is 11.7 Å². The molecule has 5 atom stereocenters. The van der Waals surface area contributed by atoms with Gasteiger partial charge in [-0.15, -0.1) is 0 Å². The van der Waals surface area contributed by atoms with Gasteiger partial charge in [-0.05, 0) is 29.3 Å². The van der Waals surface area contributed by atoms with Crippen LogP contribution in [0.25, 0.3) is 11.2 Å². The maximum absolute atomic E-state index is 11.8. The molecule has 5 N–H and O–H groups in total. The molecule has 0 aromatic carbocycles. The van der Waals surface area contributed by atoms with Gasteiger partial charge in [0.25, 0.3) is 0 Å². The molecule has 1 fully saturated rings. The number of hydrogen-bond donors (Lipinski definition) is 4. The second-order valence-corrected chi connectivity index (χ2v) is 10.9. The number of rotatable bonds is 6. The average Bonchev–Trinajstić information content (AvgIpc) is 3.06. The van der Waals surface area contributed by atoms with E-state index in [1.807, 2.05) is 13.8 Å². The Balaban J connectivity index is 1.78. The predicted molar refractivity (Wildman–Crippen MR) is 103 cm³/mol. The molecule has 3 heterocycles. The number of imidazole rings is 1. The van der Waals surface area contributed by atoms with Crippen molar-refractivity contribution >= 4 is 54.9 Å². The van der Waals surface area contributed by atoms with Crippen LogP contribution in [0.3, 0.4) is 0 Å². The molecular weight excluding hydrogens is 456 g/mol. The van der Waals surface area contributed by atoms with E-state index in [9.17, 15) is 9.46 Å². The van der Waals surface area contributed by atoms with Gasteiger partial charge in [0.15, 0.2) is 11.5 Å². The van der Waals surface area contributed by atoms with Gasteiger partial charge < -0.3 is 25.2 Å². The van der Waals surface area contributed by atoms with E-state index < -0.39 is 26.9 Å². The van der Waals surface area contributed by atoms with E-state index in [2.05, 4.69) is 31.1 Å². The van der Waals surface area contributed by atoms with Gasteiger partial charge in [0.05, 0.1) is 19.0 Å². The van der Waals surface area contributed by atoms with E-state index in [-0.39, 0.29) is 29.5 Å². The smallest absolute Gasteiger partial charge is 0.382 e. The summed E-state index contributed by atoms with van der Waals surface area (Å²) in [6.45, 7) is -0.904. The highest BCUT2D eigenvalue weighted by atomic mass is 35.5. The van der Waals surface area contributed by atoms with E-state index in [1.165, 1.54) is 6.33 Å². The fourth-order valence-electron chi connectivity index (χ4n) is 2.96. The summed E-state index contributed by atoms with van der Waals surface area (Å²) < 4.78 is 28.3. The number of phosphoric ester groups is 1. The van der Waals surface area contributed by atoms with Crippen molar-refractivity contribution < 1.29 is 32.8 Å². The van der Waals surface area contributed by atoms with Crippen LogP contribution in [-0.2, 0) is 29.9 Å². The third-order valence-corrected chi connectivity index (χ3v) is 7.41. The van der Waals surface area contributed by atoms with Crippen molar-refractivity contribution in [3.05, 3.63) is 11.6 Å². The van der Waals surface area contributed by atoms with Crippen LogP contribution in [0.15, 0.2) is 6.33 Å². The van der Waals surface area contributed by atoms with Gasteiger partial charge in [-0.2, -0.15) is 9.97 Å². The predicted octanol–water partition coefficient (Wildman–Crippen LogP) is 1.57. The first-order chi connectivity index (χ1) is 12.9. The highest BCUT2D eigenvalue weighted by Gasteiger charge is 2.42. The summed E-state index contributed by atoms with van der Waals surface area (Å²) in [5.41, 5.74) is 6.57. The van der Waals surface area contributed by atoms with E-state index in [0.717, 1.165) is 0 Å². The Kier molecular flexibility index (Phi) is 6.15. The second kappa shape index (κ2) is 7.84. The summed E-state index contributed by atoms with van der Waals surface area (Å²) in [4.78, 5) is 39.8. The van der Waals surface area contributed by atoms with Gasteiger partial charge in [-0.3, -0.25) is 9.09 Å². The van der Waals surface area contributed by atoms with Crippen LogP contribution in [0.5, 0.6) is 0 Å². The maximum Gasteiger partial charge on any atom is 0.479 e. The summed E-state index contributed by atoms with van der Waals surface area (Å²) in [7, 11) is -4.75. The Morgan fingerprint density at radius 2 is 2.04 bits per heavy atom. The number of aromatic nitrogens is 4.